The molecule has 0 N–H and O–H groups in total. The van der Waals surface area contributed by atoms with Gasteiger partial charge in [0.05, 0.1) is 18.3 Å². The number of hydrogen-bond acceptors (Lipinski definition) is 5. The highest BCUT2D eigenvalue weighted by Crippen LogP contribution is 2.45. The molecule has 0 radical (unpaired) electrons. The summed E-state index contributed by atoms with van der Waals surface area (Å²) in [5.41, 5.74) is 2.16. The van der Waals surface area contributed by atoms with E-state index in [1.165, 1.54) is 12.1 Å². The largest absolute Gasteiger partial charge is 0.342 e. The van der Waals surface area contributed by atoms with E-state index in [1.54, 1.807) is 4.90 Å². The van der Waals surface area contributed by atoms with Crippen LogP contribution in [-0.4, -0.2) is 71.9 Å². The predicted octanol–water partition coefficient (Wildman–Crippen LogP) is 7.05. The molecule has 1 amide bonds. The third-order valence-electron chi connectivity index (χ3n) is 9.84. The third kappa shape index (κ3) is 6.38. The van der Waals surface area contributed by atoms with Crippen molar-refractivity contribution in [2.75, 3.05) is 31.2 Å². The van der Waals surface area contributed by atoms with E-state index in [1.807, 2.05) is 48.2 Å². The number of benzene rings is 2. The second kappa shape index (κ2) is 12.4. The number of amidine groups is 1. The van der Waals surface area contributed by atoms with Gasteiger partial charge in [0.15, 0.2) is 0 Å². The monoisotopic (exact) mass is 631 g/mol. The first kappa shape index (κ1) is 31.0. The summed E-state index contributed by atoms with van der Waals surface area (Å²) < 4.78 is 57.5. The summed E-state index contributed by atoms with van der Waals surface area (Å²) in [5.74, 6) is -4.47. The highest BCUT2D eigenvalue weighted by atomic mass is 35.5. The van der Waals surface area contributed by atoms with Crippen LogP contribution in [0.15, 0.2) is 46.5 Å². The predicted molar refractivity (Wildman–Crippen MR) is 165 cm³/mol. The van der Waals surface area contributed by atoms with Gasteiger partial charge in [0.1, 0.15) is 17.5 Å². The number of carbonyl (C=O) groups is 1. The molecule has 3 heterocycles. The fraction of sp³-hybridized carbons (Fsp3) is 0.545. The number of hydrogen-bond donors (Lipinski definition) is 0. The number of amides is 1. The lowest BCUT2D eigenvalue weighted by Gasteiger charge is -2.40. The lowest BCUT2D eigenvalue weighted by Crippen LogP contribution is -2.49. The van der Waals surface area contributed by atoms with Crippen molar-refractivity contribution in [2.24, 2.45) is 21.9 Å². The molecular formula is C33H38ClF4N5O. The van der Waals surface area contributed by atoms with Gasteiger partial charge in [-0.2, -0.15) is 5.10 Å². The molecule has 2 saturated heterocycles. The molecule has 6 nitrogen and oxygen atoms in total. The molecule has 3 fully saturated rings. The Labute approximate surface area is 260 Å². The third-order valence-corrected chi connectivity index (χ3v) is 10.3. The highest BCUT2D eigenvalue weighted by Gasteiger charge is 2.47. The topological polar surface area (TPSA) is 51.5 Å². The van der Waals surface area contributed by atoms with E-state index in [2.05, 4.69) is 4.99 Å². The van der Waals surface area contributed by atoms with Gasteiger partial charge < -0.3 is 4.90 Å². The van der Waals surface area contributed by atoms with Crippen LogP contribution in [0.3, 0.4) is 0 Å². The SMILES string of the molecule is CC1=NN(c2ccc(Cl)c(C)c2)C(C2CCN(C(=O)C3CC(N4CCCC(F)(F)C4)CC3c3ccc(F)cc3F)CC2)C=N1. The molecule has 4 atom stereocenters. The number of nitrogens with zero attached hydrogens (tertiary/aromatic N) is 5. The normalized spacial score (nSPS) is 27.9. The van der Waals surface area contributed by atoms with E-state index in [9.17, 15) is 18.0 Å². The number of rotatable bonds is 5. The van der Waals surface area contributed by atoms with Crippen LogP contribution >= 0.6 is 11.6 Å². The van der Waals surface area contributed by atoms with E-state index in [-0.39, 0.29) is 42.4 Å². The molecule has 44 heavy (non-hydrogen) atoms. The second-order valence-electron chi connectivity index (χ2n) is 12.8. The minimum atomic E-state index is -2.78. The molecule has 236 valence electrons. The van der Waals surface area contributed by atoms with Gasteiger partial charge in [0.25, 0.3) is 5.92 Å². The van der Waals surface area contributed by atoms with Gasteiger partial charge in [-0.25, -0.2) is 22.6 Å². The minimum Gasteiger partial charge on any atom is -0.342 e. The maximum Gasteiger partial charge on any atom is 0.260 e. The molecule has 2 aromatic carbocycles. The summed E-state index contributed by atoms with van der Waals surface area (Å²) in [6.07, 6.45) is 4.38. The molecule has 1 aliphatic carbocycles. The van der Waals surface area contributed by atoms with Crippen molar-refractivity contribution in [3.05, 3.63) is 64.2 Å². The fourth-order valence-corrected chi connectivity index (χ4v) is 7.67. The van der Waals surface area contributed by atoms with Crippen molar-refractivity contribution in [2.45, 2.75) is 76.3 Å². The van der Waals surface area contributed by atoms with Crippen LogP contribution in [0.1, 0.15) is 62.5 Å². The number of anilines is 1. The van der Waals surface area contributed by atoms with Gasteiger partial charge in [-0.05, 0) is 99.7 Å². The fourth-order valence-electron chi connectivity index (χ4n) is 7.55. The average Bonchev–Trinajstić information content (AvgIpc) is 3.43. The van der Waals surface area contributed by atoms with Crippen LogP contribution in [0.2, 0.25) is 5.02 Å². The number of alkyl halides is 2. The Balaban J connectivity index is 1.18. The number of hydrazone groups is 1. The molecule has 11 heteroatoms. The van der Waals surface area contributed by atoms with Gasteiger partial charge in [-0.15, -0.1) is 0 Å². The Bertz CT molecular complexity index is 1460. The van der Waals surface area contributed by atoms with Crippen LogP contribution in [0.25, 0.3) is 0 Å². The van der Waals surface area contributed by atoms with Gasteiger partial charge in [-0.1, -0.05) is 17.7 Å². The van der Waals surface area contributed by atoms with Crippen molar-refractivity contribution in [1.82, 2.24) is 9.80 Å². The van der Waals surface area contributed by atoms with E-state index in [0.717, 1.165) is 30.2 Å². The Hall–Kier alpha value is -2.98. The second-order valence-corrected chi connectivity index (χ2v) is 13.2. The van der Waals surface area contributed by atoms with Crippen LogP contribution < -0.4 is 5.01 Å². The molecule has 0 bridgehead atoms. The van der Waals surface area contributed by atoms with Crippen LogP contribution in [-0.2, 0) is 4.79 Å². The number of aliphatic imine (C=N–C) groups is 1. The van der Waals surface area contributed by atoms with Gasteiger partial charge in [-0.3, -0.25) is 14.7 Å². The molecule has 0 spiro atoms. The van der Waals surface area contributed by atoms with Crippen molar-refractivity contribution < 1.29 is 22.4 Å². The molecule has 4 unspecified atom stereocenters. The lowest BCUT2D eigenvalue weighted by atomic mass is 9.85. The maximum absolute atomic E-state index is 15.0. The molecule has 3 aliphatic heterocycles. The number of aryl methyl sites for hydroxylation is 1. The quantitative estimate of drug-likeness (QED) is 0.332. The lowest BCUT2D eigenvalue weighted by molar-refractivity contribution is -0.137. The van der Waals surface area contributed by atoms with Crippen molar-refractivity contribution in [3.63, 3.8) is 0 Å². The summed E-state index contributed by atoms with van der Waals surface area (Å²) in [6.45, 7) is 5.02. The Kier molecular flexibility index (Phi) is 8.76. The van der Waals surface area contributed by atoms with Crippen molar-refractivity contribution in [1.29, 1.82) is 0 Å². The first-order valence-electron chi connectivity index (χ1n) is 15.5. The molecular weight excluding hydrogens is 594 g/mol. The average molecular weight is 632 g/mol. The number of likely N-dealkylation sites (tertiary alicyclic amines) is 2. The van der Waals surface area contributed by atoms with Crippen LogP contribution in [0, 0.1) is 30.4 Å². The molecule has 1 saturated carbocycles. The highest BCUT2D eigenvalue weighted by molar-refractivity contribution is 6.31. The van der Waals surface area contributed by atoms with Gasteiger partial charge in [0, 0.05) is 48.8 Å². The van der Waals surface area contributed by atoms with Gasteiger partial charge in [0.2, 0.25) is 5.91 Å². The molecule has 2 aromatic rings. The minimum absolute atomic E-state index is 0.0835. The summed E-state index contributed by atoms with van der Waals surface area (Å²) in [7, 11) is 0. The van der Waals surface area contributed by atoms with Crippen LogP contribution in [0.4, 0.5) is 23.2 Å². The number of halogens is 5. The number of piperidine rings is 2. The van der Waals surface area contributed by atoms with E-state index in [4.69, 9.17) is 16.7 Å². The molecule has 6 rings (SSSR count). The Morgan fingerprint density at radius 3 is 2.50 bits per heavy atom. The molecule has 0 aromatic heterocycles. The van der Waals surface area contributed by atoms with Crippen molar-refractivity contribution in [3.8, 4) is 0 Å². The Morgan fingerprint density at radius 1 is 1.02 bits per heavy atom. The summed E-state index contributed by atoms with van der Waals surface area (Å²) in [4.78, 5) is 22.2. The van der Waals surface area contributed by atoms with Crippen LogP contribution in [0.5, 0.6) is 0 Å². The smallest absolute Gasteiger partial charge is 0.260 e. The number of carbonyl (C=O) groups excluding carboxylic acids is 1. The zero-order valence-corrected chi connectivity index (χ0v) is 25.8. The van der Waals surface area contributed by atoms with Crippen molar-refractivity contribution >= 4 is 35.2 Å². The maximum atomic E-state index is 15.0. The summed E-state index contributed by atoms with van der Waals surface area (Å²) >= 11 is 6.27. The first-order chi connectivity index (χ1) is 21.0. The molecule has 4 aliphatic rings. The van der Waals surface area contributed by atoms with E-state index >= 15 is 4.39 Å². The van der Waals surface area contributed by atoms with E-state index in [0.29, 0.717) is 49.8 Å². The van der Waals surface area contributed by atoms with E-state index < -0.39 is 29.4 Å². The standard InChI is InChI=1S/C33H38ClF4N5O/c1-20-14-24(5-7-29(20)34)43-31(18-39-21(2)40-43)22-8-12-41(13-9-22)32(44)28-17-25(42-11-3-10-33(37,38)19-42)16-27(28)26-6-4-23(35)15-30(26)36/h4-7,14-15,18,22,25,27-28,31H,3,8-13,16-17,19H2,1-2H3. The zero-order chi connectivity index (χ0) is 31.2. The first-order valence-corrected chi connectivity index (χ1v) is 15.9. The van der Waals surface area contributed by atoms with Gasteiger partial charge >= 0.3 is 0 Å². The Morgan fingerprint density at radius 2 is 1.80 bits per heavy atom. The summed E-state index contributed by atoms with van der Waals surface area (Å²) in [6, 6.07) is 8.92. The summed E-state index contributed by atoms with van der Waals surface area (Å²) in [5, 5.41) is 7.39. The zero-order valence-electron chi connectivity index (χ0n) is 25.0.